The molecular formula is C13H25N3O5Si. The smallest absolute Gasteiger partial charge is 0.411 e. The van der Waals surface area contributed by atoms with Crippen LogP contribution in [0.3, 0.4) is 0 Å². The third-order valence-corrected chi connectivity index (χ3v) is 3.25. The van der Waals surface area contributed by atoms with Crippen LogP contribution in [0.2, 0.25) is 19.6 Å². The van der Waals surface area contributed by atoms with Gasteiger partial charge in [-0.2, -0.15) is 0 Å². The van der Waals surface area contributed by atoms with Crippen molar-refractivity contribution in [3.05, 3.63) is 33.8 Å². The average molecular weight is 331 g/mol. The van der Waals surface area contributed by atoms with E-state index in [2.05, 4.69) is 10.1 Å². The molecule has 0 amide bonds. The van der Waals surface area contributed by atoms with E-state index in [1.165, 1.54) is 6.26 Å². The highest BCUT2D eigenvalue weighted by Crippen LogP contribution is 2.11. The van der Waals surface area contributed by atoms with Crippen molar-refractivity contribution >= 4 is 14.3 Å². The summed E-state index contributed by atoms with van der Waals surface area (Å²) in [7, 11) is -0.599. The number of hydrogen-bond acceptors (Lipinski definition) is 7. The number of nitrogens with two attached hydrogens (primary N) is 1. The van der Waals surface area contributed by atoms with Crippen LogP contribution in [0.1, 0.15) is 12.8 Å². The number of allylic oxidation sites excluding steroid dienone is 1. The second-order valence-electron chi connectivity index (χ2n) is 5.45. The SMILES string of the molecule is COC(=O)/C(=C(/C/C=C/O[Si](C)(C)C)NCCCN)[N+](=O)[O-]. The lowest BCUT2D eigenvalue weighted by molar-refractivity contribution is -0.422. The number of carbonyl (C=O) groups is 1. The molecule has 9 heteroatoms. The quantitative estimate of drug-likeness (QED) is 0.118. The van der Waals surface area contributed by atoms with Gasteiger partial charge in [0.05, 0.1) is 18.3 Å². The molecule has 0 aliphatic heterocycles. The molecule has 126 valence electrons. The van der Waals surface area contributed by atoms with E-state index in [1.807, 2.05) is 19.6 Å². The molecule has 0 aromatic rings. The second kappa shape index (κ2) is 9.95. The van der Waals surface area contributed by atoms with Gasteiger partial charge in [0.2, 0.25) is 8.32 Å². The Morgan fingerprint density at radius 1 is 1.41 bits per heavy atom. The number of rotatable bonds is 10. The van der Waals surface area contributed by atoms with Crippen LogP contribution in [0.4, 0.5) is 0 Å². The first-order chi connectivity index (χ1) is 10.2. The summed E-state index contributed by atoms with van der Waals surface area (Å²) in [5, 5.41) is 14.0. The van der Waals surface area contributed by atoms with Crippen molar-refractivity contribution in [2.45, 2.75) is 32.5 Å². The molecule has 0 aromatic carbocycles. The third-order valence-electron chi connectivity index (χ3n) is 2.41. The normalized spacial score (nSPS) is 12.8. The number of methoxy groups -OCH3 is 1. The maximum Gasteiger partial charge on any atom is 0.411 e. The number of hydrogen-bond donors (Lipinski definition) is 2. The van der Waals surface area contributed by atoms with Gasteiger partial charge in [-0.3, -0.25) is 10.1 Å². The van der Waals surface area contributed by atoms with Crippen molar-refractivity contribution < 1.29 is 18.9 Å². The van der Waals surface area contributed by atoms with Crippen LogP contribution in [-0.4, -0.2) is 39.4 Å². The van der Waals surface area contributed by atoms with Crippen LogP contribution >= 0.6 is 0 Å². The van der Waals surface area contributed by atoms with Crippen LogP contribution < -0.4 is 11.1 Å². The Balaban J connectivity index is 5.15. The van der Waals surface area contributed by atoms with Gasteiger partial charge in [-0.15, -0.1) is 0 Å². The third kappa shape index (κ3) is 8.42. The van der Waals surface area contributed by atoms with E-state index in [0.717, 1.165) is 7.11 Å². The molecule has 0 aliphatic rings. The summed E-state index contributed by atoms with van der Waals surface area (Å²) in [4.78, 5) is 21.9. The molecule has 22 heavy (non-hydrogen) atoms. The predicted molar refractivity (Wildman–Crippen MR) is 85.9 cm³/mol. The lowest BCUT2D eigenvalue weighted by Crippen LogP contribution is -2.25. The second-order valence-corrected chi connectivity index (χ2v) is 9.91. The van der Waals surface area contributed by atoms with E-state index in [9.17, 15) is 14.9 Å². The molecule has 0 aromatic heterocycles. The fourth-order valence-electron chi connectivity index (χ4n) is 1.42. The largest absolute Gasteiger partial charge is 0.550 e. The van der Waals surface area contributed by atoms with Crippen LogP contribution in [-0.2, 0) is 14.0 Å². The molecule has 0 unspecified atom stereocenters. The first kappa shape index (κ1) is 20.1. The van der Waals surface area contributed by atoms with Gasteiger partial charge < -0.3 is 20.2 Å². The first-order valence-corrected chi connectivity index (χ1v) is 10.4. The molecule has 0 saturated heterocycles. The van der Waals surface area contributed by atoms with E-state index < -0.39 is 24.9 Å². The lowest BCUT2D eigenvalue weighted by atomic mass is 10.2. The summed E-state index contributed by atoms with van der Waals surface area (Å²) in [6.07, 6.45) is 3.95. The molecule has 0 spiro atoms. The van der Waals surface area contributed by atoms with E-state index >= 15 is 0 Å². The van der Waals surface area contributed by atoms with Crippen LogP contribution in [0.15, 0.2) is 23.7 Å². The lowest BCUT2D eigenvalue weighted by Gasteiger charge is -2.15. The zero-order valence-corrected chi connectivity index (χ0v) is 14.5. The maximum absolute atomic E-state index is 11.6. The van der Waals surface area contributed by atoms with Crippen LogP contribution in [0.5, 0.6) is 0 Å². The van der Waals surface area contributed by atoms with E-state index in [-0.39, 0.29) is 12.1 Å². The summed E-state index contributed by atoms with van der Waals surface area (Å²) >= 11 is 0. The number of nitrogens with one attached hydrogen (secondary N) is 1. The van der Waals surface area contributed by atoms with Crippen molar-refractivity contribution in [2.24, 2.45) is 5.73 Å². The van der Waals surface area contributed by atoms with Gasteiger partial charge in [-0.1, -0.05) is 0 Å². The Bertz CT molecular complexity index is 443. The van der Waals surface area contributed by atoms with Gasteiger partial charge >= 0.3 is 11.7 Å². The zero-order chi connectivity index (χ0) is 17.2. The molecular weight excluding hydrogens is 306 g/mol. The van der Waals surface area contributed by atoms with E-state index in [1.54, 1.807) is 6.08 Å². The molecule has 0 aliphatic carbocycles. The van der Waals surface area contributed by atoms with Crippen LogP contribution in [0, 0.1) is 10.1 Å². The minimum Gasteiger partial charge on any atom is -0.550 e. The summed E-state index contributed by atoms with van der Waals surface area (Å²) in [6.45, 7) is 6.93. The Hall–Kier alpha value is -1.87. The molecule has 0 fully saturated rings. The molecule has 0 bridgehead atoms. The molecule has 0 saturated carbocycles. The van der Waals surface area contributed by atoms with Crippen LogP contribution in [0.25, 0.3) is 0 Å². The summed E-state index contributed by atoms with van der Waals surface area (Å²) < 4.78 is 10.0. The zero-order valence-electron chi connectivity index (χ0n) is 13.5. The monoisotopic (exact) mass is 331 g/mol. The Morgan fingerprint density at radius 2 is 2.05 bits per heavy atom. The van der Waals surface area contributed by atoms with Crippen molar-refractivity contribution in [1.29, 1.82) is 0 Å². The fraction of sp³-hybridized carbons (Fsp3) is 0.615. The Labute approximate surface area is 131 Å². The number of carbonyl (C=O) groups excluding carboxylic acids is 1. The predicted octanol–water partition coefficient (Wildman–Crippen LogP) is 1.34. The van der Waals surface area contributed by atoms with Gasteiger partial charge in [-0.25, -0.2) is 4.79 Å². The topological polar surface area (TPSA) is 117 Å². The highest BCUT2D eigenvalue weighted by molar-refractivity contribution is 6.69. The summed E-state index contributed by atoms with van der Waals surface area (Å²) in [5.74, 6) is -0.986. The average Bonchev–Trinajstić information content (AvgIpc) is 2.41. The minimum absolute atomic E-state index is 0.167. The Kier molecular flexibility index (Phi) is 9.11. The van der Waals surface area contributed by atoms with Crippen molar-refractivity contribution in [2.75, 3.05) is 20.2 Å². The van der Waals surface area contributed by atoms with Gasteiger partial charge in [0.1, 0.15) is 5.70 Å². The maximum atomic E-state index is 11.6. The summed E-state index contributed by atoms with van der Waals surface area (Å²) in [5.41, 5.74) is 4.98. The highest BCUT2D eigenvalue weighted by Gasteiger charge is 2.28. The van der Waals surface area contributed by atoms with Crippen molar-refractivity contribution in [3.8, 4) is 0 Å². The molecule has 0 heterocycles. The standard InChI is InChI=1S/C13H25N3O5Si/c1-20-13(17)12(16(18)19)11(15-9-6-8-14)7-5-10-21-22(2,3)4/h5,10,15H,6-9,14H2,1-4H3/b10-5+,12-11+. The number of esters is 1. The Morgan fingerprint density at radius 3 is 2.50 bits per heavy atom. The van der Waals surface area contributed by atoms with Gasteiger partial charge in [-0.05, 0) is 38.7 Å². The fourth-order valence-corrected chi connectivity index (χ4v) is 1.92. The van der Waals surface area contributed by atoms with E-state index in [4.69, 9.17) is 10.2 Å². The number of ether oxygens (including phenoxy) is 1. The molecule has 0 rings (SSSR count). The molecule has 0 radical (unpaired) electrons. The van der Waals surface area contributed by atoms with Gasteiger partial charge in [0, 0.05) is 13.0 Å². The number of nitrogens with zero attached hydrogens (tertiary/aromatic N) is 1. The first-order valence-electron chi connectivity index (χ1n) is 6.95. The van der Waals surface area contributed by atoms with E-state index in [0.29, 0.717) is 19.5 Å². The molecule has 0 atom stereocenters. The molecule has 8 nitrogen and oxygen atoms in total. The summed E-state index contributed by atoms with van der Waals surface area (Å²) in [6, 6.07) is 0. The minimum atomic E-state index is -1.70. The van der Waals surface area contributed by atoms with Crippen molar-refractivity contribution in [1.82, 2.24) is 5.32 Å². The highest BCUT2D eigenvalue weighted by atomic mass is 28.4. The van der Waals surface area contributed by atoms with Crippen molar-refractivity contribution in [3.63, 3.8) is 0 Å². The number of nitro groups is 1. The van der Waals surface area contributed by atoms with Gasteiger partial charge in [0.25, 0.3) is 0 Å². The van der Waals surface area contributed by atoms with Gasteiger partial charge in [0.15, 0.2) is 0 Å². The molecule has 3 N–H and O–H groups in total.